The first-order chi connectivity index (χ1) is 20.2. The Labute approximate surface area is 238 Å². The van der Waals surface area contributed by atoms with Crippen LogP contribution in [0.25, 0.3) is 21.7 Å². The van der Waals surface area contributed by atoms with Crippen LogP contribution in [-0.4, -0.2) is 19.1 Å². The summed E-state index contributed by atoms with van der Waals surface area (Å²) in [6.07, 6.45) is 5.54. The molecule has 4 aromatic carbocycles. The molecule has 0 aliphatic rings. The summed E-state index contributed by atoms with van der Waals surface area (Å²) in [6, 6.07) is 41.4. The first-order valence-corrected chi connectivity index (χ1v) is 13.7. The van der Waals surface area contributed by atoms with E-state index in [1.807, 2.05) is 61.1 Å². The molecule has 0 aliphatic carbocycles. The number of pyridine rings is 2. The lowest BCUT2D eigenvalue weighted by atomic mass is 9.76. The van der Waals surface area contributed by atoms with Crippen molar-refractivity contribution in [2.45, 2.75) is 19.0 Å². The van der Waals surface area contributed by atoms with Crippen LogP contribution in [0.4, 0.5) is 0 Å². The van der Waals surface area contributed by atoms with Gasteiger partial charge in [0.1, 0.15) is 5.54 Å². The molecule has 3 aromatic heterocycles. The third-order valence-corrected chi connectivity index (χ3v) is 8.09. The minimum atomic E-state index is -0.657. The smallest absolute Gasteiger partial charge is 0.259 e. The van der Waals surface area contributed by atoms with Crippen LogP contribution in [0.1, 0.15) is 28.1 Å². The normalized spacial score (nSPS) is 11.7. The molecular formula is C36H28N4O. The van der Waals surface area contributed by atoms with Gasteiger partial charge in [-0.05, 0) is 47.2 Å². The number of fused-ring (bicyclic) bond motifs is 3. The van der Waals surface area contributed by atoms with E-state index in [1.54, 1.807) is 10.8 Å². The summed E-state index contributed by atoms with van der Waals surface area (Å²) in [4.78, 5) is 23.2. The SMILES string of the molecule is Cc1c(Cn2ccc3ccc4ncccc4c3c2=O)ncn1C(c1ccccc1)(c1ccccc1)c1ccccc1. The molecule has 41 heavy (non-hydrogen) atoms. The fraction of sp³-hybridized carbons (Fsp3) is 0.0833. The van der Waals surface area contributed by atoms with Crippen molar-refractivity contribution in [3.8, 4) is 0 Å². The Morgan fingerprint density at radius 3 is 1.90 bits per heavy atom. The molecule has 0 unspecified atom stereocenters. The zero-order valence-corrected chi connectivity index (χ0v) is 22.7. The quantitative estimate of drug-likeness (QED) is 0.172. The van der Waals surface area contributed by atoms with Crippen molar-refractivity contribution in [1.82, 2.24) is 19.1 Å². The molecule has 5 nitrogen and oxygen atoms in total. The van der Waals surface area contributed by atoms with Crippen molar-refractivity contribution in [3.05, 3.63) is 178 Å². The Balaban J connectivity index is 1.43. The van der Waals surface area contributed by atoms with Crippen LogP contribution in [-0.2, 0) is 12.1 Å². The van der Waals surface area contributed by atoms with E-state index in [2.05, 4.69) is 89.3 Å². The maximum absolute atomic E-state index is 13.8. The number of imidazole rings is 1. The zero-order chi connectivity index (χ0) is 27.8. The average Bonchev–Trinajstić information content (AvgIpc) is 3.40. The summed E-state index contributed by atoms with van der Waals surface area (Å²) >= 11 is 0. The van der Waals surface area contributed by atoms with Crippen LogP contribution in [0, 0.1) is 6.92 Å². The number of aromatic nitrogens is 4. The van der Waals surface area contributed by atoms with Crippen LogP contribution in [0.3, 0.4) is 0 Å². The minimum absolute atomic E-state index is 0.0458. The summed E-state index contributed by atoms with van der Waals surface area (Å²) in [5.41, 5.74) is 5.34. The highest BCUT2D eigenvalue weighted by Crippen LogP contribution is 2.41. The van der Waals surface area contributed by atoms with Gasteiger partial charge in [-0.15, -0.1) is 0 Å². The molecule has 0 spiro atoms. The Morgan fingerprint density at radius 2 is 1.29 bits per heavy atom. The molecule has 7 aromatic rings. The molecule has 0 aliphatic heterocycles. The van der Waals surface area contributed by atoms with Crippen molar-refractivity contribution >= 4 is 21.7 Å². The molecule has 0 atom stereocenters. The Morgan fingerprint density at radius 1 is 0.683 bits per heavy atom. The van der Waals surface area contributed by atoms with E-state index in [0.29, 0.717) is 11.9 Å². The minimum Gasteiger partial charge on any atom is -0.316 e. The molecule has 7 rings (SSSR count). The highest BCUT2D eigenvalue weighted by atomic mass is 16.1. The second kappa shape index (κ2) is 10.0. The van der Waals surface area contributed by atoms with Crippen molar-refractivity contribution in [3.63, 3.8) is 0 Å². The highest BCUT2D eigenvalue weighted by Gasteiger charge is 2.39. The predicted octanol–water partition coefficient (Wildman–Crippen LogP) is 6.94. The first-order valence-electron chi connectivity index (χ1n) is 13.7. The highest BCUT2D eigenvalue weighted by molar-refractivity contribution is 6.05. The second-order valence-electron chi connectivity index (χ2n) is 10.3. The number of hydrogen-bond acceptors (Lipinski definition) is 3. The van der Waals surface area contributed by atoms with Gasteiger partial charge in [0.25, 0.3) is 5.56 Å². The Hall–Kier alpha value is -5.29. The van der Waals surface area contributed by atoms with E-state index in [9.17, 15) is 4.79 Å². The summed E-state index contributed by atoms with van der Waals surface area (Å²) in [5.74, 6) is 0. The van der Waals surface area contributed by atoms with E-state index >= 15 is 0 Å². The molecule has 0 bridgehead atoms. The van der Waals surface area contributed by atoms with Crippen molar-refractivity contribution in [2.75, 3.05) is 0 Å². The van der Waals surface area contributed by atoms with Crippen LogP contribution in [0.15, 0.2) is 145 Å². The summed E-state index contributed by atoms with van der Waals surface area (Å²) in [5, 5.41) is 2.45. The number of benzene rings is 4. The van der Waals surface area contributed by atoms with Gasteiger partial charge in [-0.1, -0.05) is 103 Å². The van der Waals surface area contributed by atoms with E-state index in [4.69, 9.17) is 4.98 Å². The molecule has 3 heterocycles. The fourth-order valence-corrected chi connectivity index (χ4v) is 6.11. The van der Waals surface area contributed by atoms with Gasteiger partial charge >= 0.3 is 0 Å². The number of hydrogen-bond donors (Lipinski definition) is 0. The Bertz CT molecular complexity index is 1950. The first kappa shape index (κ1) is 24.7. The van der Waals surface area contributed by atoms with Gasteiger partial charge in [0.15, 0.2) is 0 Å². The zero-order valence-electron chi connectivity index (χ0n) is 22.7. The van der Waals surface area contributed by atoms with Crippen molar-refractivity contribution in [2.24, 2.45) is 0 Å². The summed E-state index contributed by atoms with van der Waals surface area (Å²) in [7, 11) is 0. The fourth-order valence-electron chi connectivity index (χ4n) is 6.11. The molecule has 0 saturated carbocycles. The predicted molar refractivity (Wildman–Crippen MR) is 164 cm³/mol. The van der Waals surface area contributed by atoms with E-state index in [-0.39, 0.29) is 5.56 Å². The van der Waals surface area contributed by atoms with Crippen molar-refractivity contribution in [1.29, 1.82) is 0 Å². The van der Waals surface area contributed by atoms with Gasteiger partial charge in [0, 0.05) is 23.5 Å². The van der Waals surface area contributed by atoms with Gasteiger partial charge in [-0.25, -0.2) is 4.98 Å². The van der Waals surface area contributed by atoms with Gasteiger partial charge < -0.3 is 9.13 Å². The number of nitrogens with zero attached hydrogens (tertiary/aromatic N) is 4. The molecule has 0 fully saturated rings. The largest absolute Gasteiger partial charge is 0.316 e. The maximum atomic E-state index is 13.8. The third kappa shape index (κ3) is 3.97. The molecule has 0 N–H and O–H groups in total. The third-order valence-electron chi connectivity index (χ3n) is 8.09. The monoisotopic (exact) mass is 532 g/mol. The average molecular weight is 533 g/mol. The van der Waals surface area contributed by atoms with E-state index < -0.39 is 5.54 Å². The van der Waals surface area contributed by atoms with Crippen LogP contribution < -0.4 is 5.56 Å². The second-order valence-corrected chi connectivity index (χ2v) is 10.3. The van der Waals surface area contributed by atoms with Gasteiger partial charge in [0.2, 0.25) is 0 Å². The van der Waals surface area contributed by atoms with E-state index in [1.165, 1.54) is 0 Å². The molecule has 0 saturated heterocycles. The van der Waals surface area contributed by atoms with Crippen molar-refractivity contribution < 1.29 is 0 Å². The van der Waals surface area contributed by atoms with Gasteiger partial charge in [-0.3, -0.25) is 9.78 Å². The molecule has 0 radical (unpaired) electrons. The van der Waals surface area contributed by atoms with Crippen LogP contribution >= 0.6 is 0 Å². The molecule has 198 valence electrons. The molecular weight excluding hydrogens is 504 g/mol. The number of rotatable bonds is 6. The Kier molecular flexibility index (Phi) is 6.05. The van der Waals surface area contributed by atoms with Crippen LogP contribution in [0.5, 0.6) is 0 Å². The topological polar surface area (TPSA) is 52.7 Å². The summed E-state index contributed by atoms with van der Waals surface area (Å²) in [6.45, 7) is 2.45. The van der Waals surface area contributed by atoms with Gasteiger partial charge in [-0.2, -0.15) is 0 Å². The van der Waals surface area contributed by atoms with Gasteiger partial charge in [0.05, 0.1) is 29.5 Å². The molecule has 5 heteroatoms. The standard InChI is InChI=1S/C36H28N4O/c1-26-33(24-39-23-21-27-19-20-32-31(18-11-22-37-32)34(27)35(39)41)38-25-40(26)36(28-12-5-2-6-13-28,29-14-7-3-8-15-29)30-16-9-4-10-17-30/h2-23,25H,24H2,1H3. The van der Waals surface area contributed by atoms with Crippen LogP contribution in [0.2, 0.25) is 0 Å². The van der Waals surface area contributed by atoms with E-state index in [0.717, 1.165) is 44.4 Å². The lowest BCUT2D eigenvalue weighted by molar-refractivity contribution is 0.502. The summed E-state index contributed by atoms with van der Waals surface area (Å²) < 4.78 is 4.01. The lowest BCUT2D eigenvalue weighted by Crippen LogP contribution is -2.38. The maximum Gasteiger partial charge on any atom is 0.259 e. The molecule has 0 amide bonds. The lowest BCUT2D eigenvalue weighted by Gasteiger charge is -2.38.